The van der Waals surface area contributed by atoms with E-state index in [2.05, 4.69) is 53.8 Å². The Balaban J connectivity index is 0.671. The van der Waals surface area contributed by atoms with Gasteiger partial charge in [-0.3, -0.25) is 24.3 Å². The summed E-state index contributed by atoms with van der Waals surface area (Å²) in [6.45, 7) is 15.8. The monoisotopic (exact) mass is 917 g/mol. The van der Waals surface area contributed by atoms with E-state index in [1.165, 1.54) is 10.9 Å². The van der Waals surface area contributed by atoms with Gasteiger partial charge in [-0.15, -0.1) is 11.3 Å². The second kappa shape index (κ2) is 18.3. The summed E-state index contributed by atoms with van der Waals surface area (Å²) in [5.74, 6) is 1.27. The molecule has 0 bridgehead atoms. The topological polar surface area (TPSA) is 201 Å². The number of nitrogens with two attached hydrogens (primary N) is 1. The molecule has 5 aliphatic rings. The van der Waals surface area contributed by atoms with Gasteiger partial charge in [-0.25, -0.2) is 19.9 Å². The quantitative estimate of drug-likeness (QED) is 0.148. The highest BCUT2D eigenvalue weighted by Gasteiger charge is 2.41. The molecule has 4 saturated heterocycles. The Morgan fingerprint density at radius 3 is 2.29 bits per heavy atom. The minimum Gasteiger partial charge on any atom is -0.508 e. The van der Waals surface area contributed by atoms with Crippen molar-refractivity contribution in [3.05, 3.63) is 81.5 Å². The van der Waals surface area contributed by atoms with Crippen molar-refractivity contribution in [2.45, 2.75) is 76.8 Å². The van der Waals surface area contributed by atoms with Crippen LogP contribution in [0.4, 0.5) is 11.8 Å². The Kier molecular flexibility index (Phi) is 12.3. The van der Waals surface area contributed by atoms with Crippen LogP contribution in [0.15, 0.2) is 48.8 Å². The van der Waals surface area contributed by atoms with Crippen LogP contribution >= 0.6 is 11.3 Å². The zero-order valence-electron chi connectivity index (χ0n) is 37.7. The fourth-order valence-corrected chi connectivity index (χ4v) is 11.2. The van der Waals surface area contributed by atoms with E-state index >= 15 is 0 Å². The number of thiophene rings is 1. The maximum atomic E-state index is 13.5. The molecule has 0 radical (unpaired) electrons. The lowest BCUT2D eigenvalue weighted by Gasteiger charge is -2.49. The van der Waals surface area contributed by atoms with Crippen LogP contribution < -0.4 is 10.6 Å². The van der Waals surface area contributed by atoms with Crippen LogP contribution in [0.3, 0.4) is 0 Å². The first kappa shape index (κ1) is 44.3. The van der Waals surface area contributed by atoms with Gasteiger partial charge in [0.1, 0.15) is 11.5 Å². The molecule has 5 N–H and O–H groups in total. The number of fused-ring (bicyclic) bond motifs is 2. The van der Waals surface area contributed by atoms with Gasteiger partial charge in [0.25, 0.3) is 5.91 Å². The van der Waals surface area contributed by atoms with E-state index in [0.29, 0.717) is 82.8 Å². The number of ether oxygens (including phenoxy) is 1. The third-order valence-corrected chi connectivity index (χ3v) is 15.2. The molecule has 18 heteroatoms. The molecule has 17 nitrogen and oxygen atoms in total. The molecule has 348 valence electrons. The average molecular weight is 918 g/mol. The summed E-state index contributed by atoms with van der Waals surface area (Å²) < 4.78 is 6.72. The summed E-state index contributed by atoms with van der Waals surface area (Å²) in [5.41, 5.74) is 10.5. The summed E-state index contributed by atoms with van der Waals surface area (Å²) in [7, 11) is 0. The SMILES string of the molecule is CC(C)c1cc(C(=O)N2Cc3ccc(CN4CCC(O)(CC(=O)N5CC(N6CCN(Cc7cc8nc(-c9cnc(N)nc9)nc(N9CCOCC9)c8s7)CC6)C5)CC4)cc3C2)c(O)cc1O. The van der Waals surface area contributed by atoms with Crippen molar-refractivity contribution in [1.82, 2.24) is 44.4 Å². The van der Waals surface area contributed by atoms with E-state index in [1.54, 1.807) is 34.7 Å². The van der Waals surface area contributed by atoms with Gasteiger partial charge in [0.05, 0.1) is 46.6 Å². The molecule has 0 unspecified atom stereocenters. The smallest absolute Gasteiger partial charge is 0.258 e. The van der Waals surface area contributed by atoms with Crippen LogP contribution in [0.2, 0.25) is 0 Å². The number of nitrogen functional groups attached to an aromatic ring is 1. The van der Waals surface area contributed by atoms with Gasteiger partial charge in [-0.2, -0.15) is 0 Å². The molecule has 5 aliphatic heterocycles. The Hall–Kier alpha value is -5.50. The van der Waals surface area contributed by atoms with Crippen LogP contribution in [0.1, 0.15) is 76.5 Å². The molecule has 8 heterocycles. The number of carbonyl (C=O) groups excluding carboxylic acids is 2. The second-order valence-corrected chi connectivity index (χ2v) is 20.2. The van der Waals surface area contributed by atoms with Gasteiger partial charge in [0, 0.05) is 121 Å². The van der Waals surface area contributed by atoms with Gasteiger partial charge < -0.3 is 40.5 Å². The van der Waals surface area contributed by atoms with Crippen LogP contribution in [-0.4, -0.2) is 162 Å². The number of amides is 2. The van der Waals surface area contributed by atoms with Crippen LogP contribution in [0.5, 0.6) is 11.5 Å². The lowest BCUT2D eigenvalue weighted by molar-refractivity contribution is -0.146. The number of piperazine rings is 1. The van der Waals surface area contributed by atoms with E-state index in [-0.39, 0.29) is 47.2 Å². The van der Waals surface area contributed by atoms with E-state index in [4.69, 9.17) is 20.4 Å². The van der Waals surface area contributed by atoms with E-state index in [9.17, 15) is 24.9 Å². The molecule has 5 aromatic rings. The molecule has 0 saturated carbocycles. The fourth-order valence-electron chi connectivity index (χ4n) is 10.1. The van der Waals surface area contributed by atoms with Gasteiger partial charge in [-0.1, -0.05) is 32.0 Å². The van der Waals surface area contributed by atoms with Crippen LogP contribution in [-0.2, 0) is 35.7 Å². The van der Waals surface area contributed by atoms with E-state index in [1.807, 2.05) is 18.7 Å². The number of benzene rings is 2. The van der Waals surface area contributed by atoms with Crippen molar-refractivity contribution in [3.8, 4) is 22.9 Å². The fraction of sp³-hybridized carbons (Fsp3) is 0.500. The van der Waals surface area contributed by atoms with Gasteiger partial charge in [-0.05, 0) is 53.1 Å². The summed E-state index contributed by atoms with van der Waals surface area (Å²) in [5, 5.41) is 32.3. The highest BCUT2D eigenvalue weighted by molar-refractivity contribution is 7.19. The molecule has 2 aromatic carbocycles. The van der Waals surface area contributed by atoms with Crippen molar-refractivity contribution in [2.24, 2.45) is 0 Å². The number of aliphatic hydroxyl groups is 1. The maximum Gasteiger partial charge on any atom is 0.258 e. The summed E-state index contributed by atoms with van der Waals surface area (Å²) in [6, 6.07) is 11.7. The van der Waals surface area contributed by atoms with Crippen molar-refractivity contribution in [3.63, 3.8) is 0 Å². The molecule has 10 rings (SSSR count). The Bertz CT molecular complexity index is 2600. The lowest BCUT2D eigenvalue weighted by Crippen LogP contribution is -2.64. The number of rotatable bonds is 11. The predicted octanol–water partition coefficient (Wildman–Crippen LogP) is 4.00. The largest absolute Gasteiger partial charge is 0.508 e. The van der Waals surface area contributed by atoms with Crippen molar-refractivity contribution in [1.29, 1.82) is 0 Å². The van der Waals surface area contributed by atoms with Gasteiger partial charge in [0.2, 0.25) is 11.9 Å². The van der Waals surface area contributed by atoms with Crippen molar-refractivity contribution >= 4 is 45.1 Å². The summed E-state index contributed by atoms with van der Waals surface area (Å²) >= 11 is 1.76. The third kappa shape index (κ3) is 9.26. The van der Waals surface area contributed by atoms with E-state index in [0.717, 1.165) is 90.6 Å². The number of phenols is 2. The maximum absolute atomic E-state index is 13.5. The van der Waals surface area contributed by atoms with E-state index < -0.39 is 5.60 Å². The average Bonchev–Trinajstić information content (AvgIpc) is 3.91. The molecular formula is C48H59N11O6S. The van der Waals surface area contributed by atoms with Gasteiger partial charge in [0.15, 0.2) is 11.6 Å². The molecule has 0 aliphatic carbocycles. The second-order valence-electron chi connectivity index (χ2n) is 19.0. The minimum atomic E-state index is -1.01. The number of hydrogen-bond acceptors (Lipinski definition) is 16. The first-order valence-electron chi connectivity index (χ1n) is 23.2. The molecule has 66 heavy (non-hydrogen) atoms. The molecular weight excluding hydrogens is 859 g/mol. The number of likely N-dealkylation sites (tertiary alicyclic amines) is 2. The normalized spacial score (nSPS) is 19.7. The van der Waals surface area contributed by atoms with Crippen LogP contribution in [0, 0.1) is 0 Å². The molecule has 0 spiro atoms. The Morgan fingerprint density at radius 2 is 1.56 bits per heavy atom. The lowest BCUT2D eigenvalue weighted by atomic mass is 9.87. The summed E-state index contributed by atoms with van der Waals surface area (Å²) in [4.78, 5) is 59.7. The molecule has 3 aromatic heterocycles. The Labute approximate surface area is 388 Å². The molecule has 4 fully saturated rings. The standard InChI is InChI=1S/C48H59N11O6S/c1-30(2)37-19-38(41(61)20-40(37)60)46(63)59-25-32-4-3-31(17-33(32)26-59)24-54-7-5-48(64,6-8-54)21-42(62)58-27-35(28-58)56-11-9-55(10-12-56)29-36-18-39-43(66-36)45(57-13-15-65-16-14-57)53-44(52-39)34-22-50-47(49)51-23-34/h3-4,17-20,22-23,30,35,60-61,64H,5-16,21,24-29H2,1-2H3,(H2,49,50,51). The van der Waals surface area contributed by atoms with Crippen molar-refractivity contribution < 1.29 is 29.6 Å². The predicted molar refractivity (Wildman–Crippen MR) is 251 cm³/mol. The first-order chi connectivity index (χ1) is 31.8. The zero-order valence-corrected chi connectivity index (χ0v) is 38.5. The highest BCUT2D eigenvalue weighted by Crippen LogP contribution is 2.37. The zero-order chi connectivity index (χ0) is 45.7. The Morgan fingerprint density at radius 1 is 0.848 bits per heavy atom. The molecule has 0 atom stereocenters. The number of hydrogen-bond donors (Lipinski definition) is 4. The summed E-state index contributed by atoms with van der Waals surface area (Å²) in [6.07, 6.45) is 4.57. The number of aromatic hydroxyl groups is 2. The number of anilines is 2. The van der Waals surface area contributed by atoms with Crippen LogP contribution in [0.25, 0.3) is 21.6 Å². The molecule has 2 amide bonds. The number of piperidine rings is 1. The van der Waals surface area contributed by atoms with Gasteiger partial charge >= 0.3 is 0 Å². The number of nitrogens with zero attached hydrogens (tertiary/aromatic N) is 10. The number of aromatic nitrogens is 4. The number of morpholine rings is 1. The number of phenolic OH excluding ortho intramolecular Hbond substituents is 2. The number of carbonyl (C=O) groups is 2. The highest BCUT2D eigenvalue weighted by atomic mass is 32.1. The third-order valence-electron chi connectivity index (χ3n) is 14.1. The minimum absolute atomic E-state index is 0.00330. The van der Waals surface area contributed by atoms with Crippen molar-refractivity contribution in [2.75, 3.05) is 89.3 Å². The first-order valence-corrected chi connectivity index (χ1v) is 24.0.